The molecule has 3 N–H and O–H groups in total. The molecule has 0 bridgehead atoms. The van der Waals surface area contributed by atoms with Crippen LogP contribution in [0.2, 0.25) is 5.02 Å². The summed E-state index contributed by atoms with van der Waals surface area (Å²) < 4.78 is 0. The molecular formula is C13H14ClNO4. The van der Waals surface area contributed by atoms with Gasteiger partial charge in [0.15, 0.2) is 6.04 Å². The minimum atomic E-state index is -1.34. The Morgan fingerprint density at radius 3 is 2.63 bits per heavy atom. The number of carbonyl (C=O) groups excluding carboxylic acids is 1. The van der Waals surface area contributed by atoms with Crippen LogP contribution in [0.3, 0.4) is 0 Å². The van der Waals surface area contributed by atoms with Crippen molar-refractivity contribution < 1.29 is 19.8 Å². The maximum atomic E-state index is 11.5. The summed E-state index contributed by atoms with van der Waals surface area (Å²) >= 11 is 5.78. The first kappa shape index (κ1) is 15.2. The maximum Gasteiger partial charge on any atom is 0.328 e. The standard InChI is InChI=1S/C13H14ClNO4/c1-8(16)12(13(18)19)15-11(17)6-5-9-3-2-4-10(14)7-9/h2-8,12,16H,1H3,(H,15,17)(H,18,19)/b6-5+/t8-,12+/m1/s1. The third kappa shape index (κ3) is 5.11. The van der Waals surface area contributed by atoms with Crippen LogP contribution in [0.5, 0.6) is 0 Å². The van der Waals surface area contributed by atoms with Gasteiger partial charge < -0.3 is 15.5 Å². The first-order valence-electron chi connectivity index (χ1n) is 5.55. The monoisotopic (exact) mass is 283 g/mol. The number of aliphatic hydroxyl groups is 1. The zero-order valence-electron chi connectivity index (χ0n) is 10.2. The summed E-state index contributed by atoms with van der Waals surface area (Å²) in [6.07, 6.45) is 1.51. The molecule has 5 nitrogen and oxygen atoms in total. The molecule has 0 aliphatic rings. The van der Waals surface area contributed by atoms with E-state index in [1.54, 1.807) is 24.3 Å². The van der Waals surface area contributed by atoms with Gasteiger partial charge in [0.25, 0.3) is 0 Å². The average Bonchev–Trinajstić information content (AvgIpc) is 2.32. The van der Waals surface area contributed by atoms with Gasteiger partial charge in [-0.2, -0.15) is 0 Å². The number of hydrogen-bond donors (Lipinski definition) is 3. The lowest BCUT2D eigenvalue weighted by Gasteiger charge is -2.15. The molecule has 0 spiro atoms. The van der Waals surface area contributed by atoms with Crippen LogP contribution in [0.25, 0.3) is 6.08 Å². The van der Waals surface area contributed by atoms with Gasteiger partial charge in [-0.15, -0.1) is 0 Å². The first-order valence-corrected chi connectivity index (χ1v) is 5.93. The molecule has 0 heterocycles. The number of hydrogen-bond acceptors (Lipinski definition) is 3. The number of amides is 1. The number of carboxylic acid groups (broad SMARTS) is 1. The number of aliphatic carboxylic acids is 1. The summed E-state index contributed by atoms with van der Waals surface area (Å²) in [5.41, 5.74) is 0.714. The Labute approximate surface area is 115 Å². The van der Waals surface area contributed by atoms with E-state index in [0.717, 1.165) is 0 Å². The van der Waals surface area contributed by atoms with Gasteiger partial charge in [0.05, 0.1) is 6.10 Å². The highest BCUT2D eigenvalue weighted by Crippen LogP contribution is 2.11. The van der Waals surface area contributed by atoms with Crippen molar-refractivity contribution in [3.8, 4) is 0 Å². The summed E-state index contributed by atoms with van der Waals surface area (Å²) in [5.74, 6) is -1.90. The normalized spacial score (nSPS) is 14.1. The molecule has 1 amide bonds. The van der Waals surface area contributed by atoms with E-state index in [1.165, 1.54) is 19.1 Å². The van der Waals surface area contributed by atoms with Crippen molar-refractivity contribution >= 4 is 29.6 Å². The van der Waals surface area contributed by atoms with Crippen molar-refractivity contribution in [2.24, 2.45) is 0 Å². The quantitative estimate of drug-likeness (QED) is 0.711. The molecule has 0 aliphatic carbocycles. The molecule has 0 fully saturated rings. The van der Waals surface area contributed by atoms with Crippen LogP contribution in [0, 0.1) is 0 Å². The van der Waals surface area contributed by atoms with Gasteiger partial charge in [0.2, 0.25) is 5.91 Å². The van der Waals surface area contributed by atoms with E-state index in [9.17, 15) is 14.7 Å². The number of halogens is 1. The molecule has 1 aromatic carbocycles. The van der Waals surface area contributed by atoms with Gasteiger partial charge in [0.1, 0.15) is 0 Å². The molecular weight excluding hydrogens is 270 g/mol. The van der Waals surface area contributed by atoms with E-state index < -0.39 is 24.0 Å². The van der Waals surface area contributed by atoms with Gasteiger partial charge in [-0.3, -0.25) is 4.79 Å². The van der Waals surface area contributed by atoms with E-state index in [4.69, 9.17) is 16.7 Å². The minimum absolute atomic E-state index is 0.537. The first-order chi connectivity index (χ1) is 8.90. The van der Waals surface area contributed by atoms with Gasteiger partial charge in [0, 0.05) is 11.1 Å². The number of carboxylic acids is 1. The largest absolute Gasteiger partial charge is 0.480 e. The topological polar surface area (TPSA) is 86.6 Å². The van der Waals surface area contributed by atoms with Crippen molar-refractivity contribution in [1.82, 2.24) is 5.32 Å². The van der Waals surface area contributed by atoms with Crippen LogP contribution in [0.1, 0.15) is 12.5 Å². The van der Waals surface area contributed by atoms with E-state index >= 15 is 0 Å². The second-order valence-corrected chi connectivity index (χ2v) is 4.39. The highest BCUT2D eigenvalue weighted by molar-refractivity contribution is 6.30. The van der Waals surface area contributed by atoms with Crippen LogP contribution in [0.4, 0.5) is 0 Å². The Kier molecular flexibility index (Phi) is 5.54. The van der Waals surface area contributed by atoms with Gasteiger partial charge in [-0.25, -0.2) is 4.79 Å². The van der Waals surface area contributed by atoms with Crippen LogP contribution in [0.15, 0.2) is 30.3 Å². The Morgan fingerprint density at radius 1 is 1.42 bits per heavy atom. The van der Waals surface area contributed by atoms with E-state index in [0.29, 0.717) is 10.6 Å². The maximum absolute atomic E-state index is 11.5. The molecule has 6 heteroatoms. The predicted octanol–water partition coefficient (Wildman–Crippen LogP) is 1.30. The number of aliphatic hydroxyl groups excluding tert-OH is 1. The van der Waals surface area contributed by atoms with Gasteiger partial charge in [-0.1, -0.05) is 23.7 Å². The molecule has 2 atom stereocenters. The lowest BCUT2D eigenvalue weighted by Crippen LogP contribution is -2.47. The number of nitrogens with one attached hydrogen (secondary N) is 1. The number of benzene rings is 1. The predicted molar refractivity (Wildman–Crippen MR) is 71.7 cm³/mol. The Hall–Kier alpha value is -1.85. The molecule has 1 rings (SSSR count). The molecule has 0 unspecified atom stereocenters. The van der Waals surface area contributed by atoms with Crippen LogP contribution in [-0.4, -0.2) is 34.2 Å². The fourth-order valence-electron chi connectivity index (χ4n) is 1.37. The lowest BCUT2D eigenvalue weighted by molar-refractivity contribution is -0.144. The minimum Gasteiger partial charge on any atom is -0.480 e. The zero-order chi connectivity index (χ0) is 14.4. The SMILES string of the molecule is C[C@@H](O)[C@H](NC(=O)/C=C/c1cccc(Cl)c1)C(=O)O. The van der Waals surface area contributed by atoms with Crippen LogP contribution < -0.4 is 5.32 Å². The molecule has 0 saturated carbocycles. The highest BCUT2D eigenvalue weighted by Gasteiger charge is 2.23. The fraction of sp³-hybridized carbons (Fsp3) is 0.231. The average molecular weight is 284 g/mol. The van der Waals surface area contributed by atoms with E-state index in [1.807, 2.05) is 0 Å². The summed E-state index contributed by atoms with van der Waals surface area (Å²) in [6, 6.07) is 5.51. The highest BCUT2D eigenvalue weighted by atomic mass is 35.5. The Balaban J connectivity index is 2.67. The Morgan fingerprint density at radius 2 is 2.11 bits per heavy atom. The molecule has 0 aliphatic heterocycles. The second kappa shape index (κ2) is 6.92. The second-order valence-electron chi connectivity index (χ2n) is 3.95. The molecule has 1 aromatic rings. The molecule has 0 radical (unpaired) electrons. The van der Waals surface area contributed by atoms with Crippen molar-refractivity contribution in [2.75, 3.05) is 0 Å². The van der Waals surface area contributed by atoms with Crippen LogP contribution in [-0.2, 0) is 9.59 Å². The molecule has 102 valence electrons. The summed E-state index contributed by atoms with van der Waals surface area (Å²) in [7, 11) is 0. The van der Waals surface area contributed by atoms with Crippen molar-refractivity contribution in [3.63, 3.8) is 0 Å². The third-order valence-corrected chi connectivity index (χ3v) is 2.56. The van der Waals surface area contributed by atoms with Crippen molar-refractivity contribution in [2.45, 2.75) is 19.1 Å². The summed E-state index contributed by atoms with van der Waals surface area (Å²) in [4.78, 5) is 22.3. The van der Waals surface area contributed by atoms with Crippen LogP contribution >= 0.6 is 11.6 Å². The fourth-order valence-corrected chi connectivity index (χ4v) is 1.57. The number of rotatable bonds is 5. The van der Waals surface area contributed by atoms with Gasteiger partial charge >= 0.3 is 5.97 Å². The number of carbonyl (C=O) groups is 2. The lowest BCUT2D eigenvalue weighted by atomic mass is 10.1. The van der Waals surface area contributed by atoms with E-state index in [-0.39, 0.29) is 0 Å². The molecule has 19 heavy (non-hydrogen) atoms. The van der Waals surface area contributed by atoms with Gasteiger partial charge in [-0.05, 0) is 30.7 Å². The van der Waals surface area contributed by atoms with Crippen molar-refractivity contribution in [3.05, 3.63) is 40.9 Å². The smallest absolute Gasteiger partial charge is 0.328 e. The zero-order valence-corrected chi connectivity index (χ0v) is 11.0. The molecule has 0 saturated heterocycles. The summed E-state index contributed by atoms with van der Waals surface area (Å²) in [5, 5.41) is 20.7. The van der Waals surface area contributed by atoms with Crippen molar-refractivity contribution in [1.29, 1.82) is 0 Å². The Bertz CT molecular complexity index is 499. The summed E-state index contributed by atoms with van der Waals surface area (Å²) in [6.45, 7) is 1.29. The third-order valence-electron chi connectivity index (χ3n) is 2.32. The van der Waals surface area contributed by atoms with E-state index in [2.05, 4.69) is 5.32 Å². The molecule has 0 aromatic heterocycles.